The van der Waals surface area contributed by atoms with E-state index in [0.717, 1.165) is 30.8 Å². The average Bonchev–Trinajstić information content (AvgIpc) is 3.54. The Morgan fingerprint density at radius 2 is 1.73 bits per heavy atom. The molecule has 2 heterocycles. The third-order valence-corrected chi connectivity index (χ3v) is 5.75. The molecule has 0 aliphatic carbocycles. The molecule has 1 unspecified atom stereocenters. The number of amides is 1. The van der Waals surface area contributed by atoms with E-state index in [1.165, 1.54) is 0 Å². The monoisotopic (exact) mass is 452 g/mol. The van der Waals surface area contributed by atoms with Crippen molar-refractivity contribution in [1.82, 2.24) is 10.2 Å². The van der Waals surface area contributed by atoms with E-state index >= 15 is 0 Å². The first-order valence-electron chi connectivity index (χ1n) is 10.6. The maximum atomic E-state index is 12.7. The first kappa shape index (κ1) is 22.5. The molecule has 1 aromatic heterocycles. The van der Waals surface area contributed by atoms with E-state index in [0.29, 0.717) is 34.3 Å². The standard InChI is InChI=1S/C24H28N4O5/c1-30-18-9-10-28(14-18)17-7-5-16(6-8-17)25-24(29)20-13-19(26-27-20)15-11-21(31-2)23(33-4)22(12-15)32-3/h5-8,11-13,18H,9-10,14H2,1-4H3,(H,25,29)(H,26,27). The number of rotatable bonds is 8. The second-order valence-corrected chi connectivity index (χ2v) is 7.67. The van der Waals surface area contributed by atoms with Crippen LogP contribution in [0.1, 0.15) is 16.9 Å². The first-order valence-corrected chi connectivity index (χ1v) is 10.6. The molecule has 33 heavy (non-hydrogen) atoms. The average molecular weight is 453 g/mol. The molecule has 1 amide bonds. The van der Waals surface area contributed by atoms with E-state index < -0.39 is 0 Å². The minimum atomic E-state index is -0.283. The highest BCUT2D eigenvalue weighted by Gasteiger charge is 2.22. The lowest BCUT2D eigenvalue weighted by atomic mass is 10.1. The lowest BCUT2D eigenvalue weighted by Crippen LogP contribution is -2.22. The van der Waals surface area contributed by atoms with Crippen molar-refractivity contribution < 1.29 is 23.7 Å². The molecule has 1 saturated heterocycles. The number of ether oxygens (including phenoxy) is 4. The molecule has 0 saturated carbocycles. The number of carbonyl (C=O) groups excluding carboxylic acids is 1. The fraction of sp³-hybridized carbons (Fsp3) is 0.333. The van der Waals surface area contributed by atoms with Gasteiger partial charge in [0.2, 0.25) is 5.75 Å². The van der Waals surface area contributed by atoms with Gasteiger partial charge in [0, 0.05) is 37.1 Å². The third-order valence-electron chi connectivity index (χ3n) is 5.75. The predicted molar refractivity (Wildman–Crippen MR) is 126 cm³/mol. The summed E-state index contributed by atoms with van der Waals surface area (Å²) in [6, 6.07) is 13.0. The number of aromatic nitrogens is 2. The Labute approximate surface area is 192 Å². The topological polar surface area (TPSA) is 97.9 Å². The molecule has 3 aromatic rings. The molecule has 9 heteroatoms. The first-order chi connectivity index (χ1) is 16.1. The number of H-pyrrole nitrogens is 1. The number of nitrogens with one attached hydrogen (secondary N) is 2. The van der Waals surface area contributed by atoms with Gasteiger partial charge in [0.05, 0.1) is 33.1 Å². The Balaban J connectivity index is 1.46. The molecular formula is C24H28N4O5. The number of benzene rings is 2. The van der Waals surface area contributed by atoms with Gasteiger partial charge in [-0.2, -0.15) is 5.10 Å². The van der Waals surface area contributed by atoms with Gasteiger partial charge in [0.1, 0.15) is 5.69 Å². The van der Waals surface area contributed by atoms with Crippen LogP contribution < -0.4 is 24.4 Å². The van der Waals surface area contributed by atoms with Crippen LogP contribution in [0.2, 0.25) is 0 Å². The fourth-order valence-corrected chi connectivity index (χ4v) is 3.92. The zero-order chi connectivity index (χ0) is 23.4. The Morgan fingerprint density at radius 1 is 1.03 bits per heavy atom. The molecule has 1 aliphatic rings. The van der Waals surface area contributed by atoms with E-state index in [1.54, 1.807) is 46.6 Å². The summed E-state index contributed by atoms with van der Waals surface area (Å²) >= 11 is 0. The molecule has 0 bridgehead atoms. The van der Waals surface area contributed by atoms with Crippen LogP contribution in [0.25, 0.3) is 11.3 Å². The SMILES string of the molecule is COc1cc(-c2cc(C(=O)Nc3ccc(N4CCC(OC)C4)cc3)[nH]n2)cc(OC)c1OC. The summed E-state index contributed by atoms with van der Waals surface area (Å²) in [5.74, 6) is 1.23. The van der Waals surface area contributed by atoms with Crippen LogP contribution in [-0.4, -0.2) is 63.7 Å². The van der Waals surface area contributed by atoms with E-state index in [-0.39, 0.29) is 12.0 Å². The summed E-state index contributed by atoms with van der Waals surface area (Å²) in [6.45, 7) is 1.84. The van der Waals surface area contributed by atoms with Crippen LogP contribution in [0.4, 0.5) is 11.4 Å². The van der Waals surface area contributed by atoms with Crippen molar-refractivity contribution in [1.29, 1.82) is 0 Å². The van der Waals surface area contributed by atoms with Crippen molar-refractivity contribution in [3.63, 3.8) is 0 Å². The van der Waals surface area contributed by atoms with Gasteiger partial charge < -0.3 is 29.2 Å². The van der Waals surface area contributed by atoms with Crippen LogP contribution in [0.5, 0.6) is 17.2 Å². The Hall–Kier alpha value is -3.72. The summed E-state index contributed by atoms with van der Waals surface area (Å²) in [5.41, 5.74) is 3.46. The number of aromatic amines is 1. The molecule has 2 aromatic carbocycles. The number of nitrogens with zero attached hydrogens (tertiary/aromatic N) is 2. The molecule has 0 radical (unpaired) electrons. The summed E-state index contributed by atoms with van der Waals surface area (Å²) in [5, 5.41) is 9.98. The minimum absolute atomic E-state index is 0.268. The number of hydrogen-bond acceptors (Lipinski definition) is 7. The molecule has 4 rings (SSSR count). The number of anilines is 2. The van der Waals surface area contributed by atoms with Gasteiger partial charge in [-0.15, -0.1) is 0 Å². The van der Waals surface area contributed by atoms with Gasteiger partial charge >= 0.3 is 0 Å². The molecule has 1 atom stereocenters. The van der Waals surface area contributed by atoms with Crippen molar-refractivity contribution >= 4 is 17.3 Å². The maximum Gasteiger partial charge on any atom is 0.273 e. The molecule has 0 spiro atoms. The second kappa shape index (κ2) is 9.83. The van der Waals surface area contributed by atoms with E-state index in [1.807, 2.05) is 24.3 Å². The highest BCUT2D eigenvalue weighted by molar-refractivity contribution is 6.03. The van der Waals surface area contributed by atoms with Crippen LogP contribution in [-0.2, 0) is 4.74 Å². The number of carbonyl (C=O) groups is 1. The van der Waals surface area contributed by atoms with Crippen molar-refractivity contribution in [3.8, 4) is 28.5 Å². The molecule has 1 aliphatic heterocycles. The molecule has 1 fully saturated rings. The number of hydrogen-bond donors (Lipinski definition) is 2. The summed E-state index contributed by atoms with van der Waals surface area (Å²) in [6.07, 6.45) is 1.29. The largest absolute Gasteiger partial charge is 0.493 e. The van der Waals surface area contributed by atoms with Crippen molar-refractivity contribution in [2.24, 2.45) is 0 Å². The maximum absolute atomic E-state index is 12.7. The quantitative estimate of drug-likeness (QED) is 0.539. The lowest BCUT2D eigenvalue weighted by Gasteiger charge is -2.18. The Bertz CT molecular complexity index is 1090. The van der Waals surface area contributed by atoms with Gasteiger partial charge in [0.15, 0.2) is 11.5 Å². The zero-order valence-corrected chi connectivity index (χ0v) is 19.2. The van der Waals surface area contributed by atoms with Crippen LogP contribution in [0.3, 0.4) is 0 Å². The van der Waals surface area contributed by atoms with Gasteiger partial charge in [0.25, 0.3) is 5.91 Å². The van der Waals surface area contributed by atoms with Crippen LogP contribution in [0, 0.1) is 0 Å². The van der Waals surface area contributed by atoms with Gasteiger partial charge in [-0.1, -0.05) is 0 Å². The van der Waals surface area contributed by atoms with E-state index in [9.17, 15) is 4.79 Å². The summed E-state index contributed by atoms with van der Waals surface area (Å²) < 4.78 is 21.6. The van der Waals surface area contributed by atoms with Crippen LogP contribution >= 0.6 is 0 Å². The van der Waals surface area contributed by atoms with Gasteiger partial charge in [-0.25, -0.2) is 0 Å². The molecule has 9 nitrogen and oxygen atoms in total. The van der Waals surface area contributed by atoms with Gasteiger partial charge in [-0.05, 0) is 48.9 Å². The molecule has 2 N–H and O–H groups in total. The molecule has 174 valence electrons. The normalized spacial score (nSPS) is 15.4. The van der Waals surface area contributed by atoms with Crippen molar-refractivity contribution in [3.05, 3.63) is 48.2 Å². The third kappa shape index (κ3) is 4.73. The lowest BCUT2D eigenvalue weighted by molar-refractivity contribution is 0.102. The second-order valence-electron chi connectivity index (χ2n) is 7.67. The Morgan fingerprint density at radius 3 is 2.30 bits per heavy atom. The van der Waals surface area contributed by atoms with Crippen molar-refractivity contribution in [2.45, 2.75) is 12.5 Å². The zero-order valence-electron chi connectivity index (χ0n) is 19.2. The van der Waals surface area contributed by atoms with Crippen LogP contribution in [0.15, 0.2) is 42.5 Å². The van der Waals surface area contributed by atoms with Gasteiger partial charge in [-0.3, -0.25) is 9.89 Å². The van der Waals surface area contributed by atoms with E-state index in [4.69, 9.17) is 18.9 Å². The van der Waals surface area contributed by atoms with E-state index in [2.05, 4.69) is 20.4 Å². The Kier molecular flexibility index (Phi) is 6.69. The summed E-state index contributed by atoms with van der Waals surface area (Å²) in [4.78, 5) is 15.0. The minimum Gasteiger partial charge on any atom is -0.493 e. The number of methoxy groups -OCH3 is 4. The van der Waals surface area contributed by atoms with Crippen molar-refractivity contribution in [2.75, 3.05) is 51.7 Å². The summed E-state index contributed by atoms with van der Waals surface area (Å²) in [7, 11) is 6.39. The highest BCUT2D eigenvalue weighted by Crippen LogP contribution is 2.40. The molecular weight excluding hydrogens is 424 g/mol. The predicted octanol–water partition coefficient (Wildman–Crippen LogP) is 3.58. The fourth-order valence-electron chi connectivity index (χ4n) is 3.92. The smallest absolute Gasteiger partial charge is 0.273 e. The highest BCUT2D eigenvalue weighted by atomic mass is 16.5.